The second kappa shape index (κ2) is 6.20. The molecule has 0 heterocycles. The minimum absolute atomic E-state index is 0.0120. The van der Waals surface area contributed by atoms with Gasteiger partial charge in [0.05, 0.1) is 6.04 Å². The molecule has 0 spiro atoms. The van der Waals surface area contributed by atoms with E-state index in [4.69, 9.17) is 23.1 Å². The van der Waals surface area contributed by atoms with E-state index in [2.05, 4.69) is 6.92 Å². The van der Waals surface area contributed by atoms with Crippen molar-refractivity contribution in [3.8, 4) is 0 Å². The van der Waals surface area contributed by atoms with Gasteiger partial charge in [0, 0.05) is 11.1 Å². The molecule has 0 aromatic heterocycles. The molecular formula is C16H19ClN2. The van der Waals surface area contributed by atoms with E-state index in [1.165, 1.54) is 0 Å². The first-order chi connectivity index (χ1) is 9.13. The van der Waals surface area contributed by atoms with Crippen LogP contribution in [-0.4, -0.2) is 0 Å². The lowest BCUT2D eigenvalue weighted by atomic mass is 9.91. The summed E-state index contributed by atoms with van der Waals surface area (Å²) >= 11 is 6.10. The maximum absolute atomic E-state index is 6.36. The van der Waals surface area contributed by atoms with Gasteiger partial charge >= 0.3 is 0 Å². The average Bonchev–Trinajstić information content (AvgIpc) is 2.46. The minimum Gasteiger partial charge on any atom is -0.324 e. The number of rotatable bonds is 4. The lowest BCUT2D eigenvalue weighted by Gasteiger charge is -2.20. The van der Waals surface area contributed by atoms with Gasteiger partial charge < -0.3 is 11.5 Å². The summed E-state index contributed by atoms with van der Waals surface area (Å²) in [5, 5.41) is 0.688. The van der Waals surface area contributed by atoms with Crippen molar-refractivity contribution in [3.05, 3.63) is 70.2 Å². The van der Waals surface area contributed by atoms with E-state index in [1.54, 1.807) is 0 Å². The van der Waals surface area contributed by atoms with Crippen molar-refractivity contribution in [1.29, 1.82) is 0 Å². The van der Waals surface area contributed by atoms with E-state index in [0.717, 1.165) is 23.1 Å². The van der Waals surface area contributed by atoms with Crippen molar-refractivity contribution in [2.45, 2.75) is 25.4 Å². The van der Waals surface area contributed by atoms with E-state index in [9.17, 15) is 0 Å². The minimum atomic E-state index is -0.201. The number of hydrogen-bond donors (Lipinski definition) is 2. The maximum Gasteiger partial charge on any atom is 0.0555 e. The summed E-state index contributed by atoms with van der Waals surface area (Å²) in [6, 6.07) is 15.5. The third kappa shape index (κ3) is 3.16. The van der Waals surface area contributed by atoms with Crippen LogP contribution in [0.15, 0.2) is 48.5 Å². The van der Waals surface area contributed by atoms with Crippen molar-refractivity contribution in [1.82, 2.24) is 0 Å². The molecule has 2 unspecified atom stereocenters. The zero-order valence-corrected chi connectivity index (χ0v) is 11.8. The Kier molecular flexibility index (Phi) is 4.59. The van der Waals surface area contributed by atoms with Crippen LogP contribution in [0.25, 0.3) is 0 Å². The predicted molar refractivity (Wildman–Crippen MR) is 81.1 cm³/mol. The molecule has 2 aromatic rings. The molecule has 2 rings (SSSR count). The Morgan fingerprint density at radius 2 is 1.68 bits per heavy atom. The quantitative estimate of drug-likeness (QED) is 0.891. The zero-order valence-electron chi connectivity index (χ0n) is 11.0. The standard InChI is InChI=1S/C16H19ClN2/c1-2-15(18)13-9-8-12(17)10-14(13)16(19)11-6-4-3-5-7-11/h3-10,15-16H,2,18-19H2,1H3. The molecule has 0 amide bonds. The molecule has 2 nitrogen and oxygen atoms in total. The molecule has 0 fully saturated rings. The fourth-order valence-electron chi connectivity index (χ4n) is 2.21. The summed E-state index contributed by atoms with van der Waals surface area (Å²) in [6.07, 6.45) is 0.871. The third-order valence-corrected chi connectivity index (χ3v) is 3.62. The number of nitrogens with two attached hydrogens (primary N) is 2. The topological polar surface area (TPSA) is 52.0 Å². The van der Waals surface area contributed by atoms with Crippen LogP contribution in [-0.2, 0) is 0 Å². The SMILES string of the molecule is CCC(N)c1ccc(Cl)cc1C(N)c1ccccc1. The monoisotopic (exact) mass is 274 g/mol. The van der Waals surface area contributed by atoms with Gasteiger partial charge in [-0.3, -0.25) is 0 Å². The molecule has 0 aliphatic rings. The van der Waals surface area contributed by atoms with Gasteiger partial charge in [-0.25, -0.2) is 0 Å². The Balaban J connectivity index is 2.45. The Labute approximate surface area is 119 Å². The van der Waals surface area contributed by atoms with Crippen molar-refractivity contribution in [3.63, 3.8) is 0 Å². The van der Waals surface area contributed by atoms with Crippen LogP contribution in [0.4, 0.5) is 0 Å². The van der Waals surface area contributed by atoms with Gasteiger partial charge in [0.2, 0.25) is 0 Å². The van der Waals surface area contributed by atoms with Gasteiger partial charge in [-0.05, 0) is 35.2 Å². The lowest BCUT2D eigenvalue weighted by Crippen LogP contribution is -2.18. The van der Waals surface area contributed by atoms with Crippen LogP contribution < -0.4 is 11.5 Å². The summed E-state index contributed by atoms with van der Waals surface area (Å²) in [4.78, 5) is 0. The highest BCUT2D eigenvalue weighted by molar-refractivity contribution is 6.30. The van der Waals surface area contributed by atoms with Crippen LogP contribution in [0.2, 0.25) is 5.02 Å². The normalized spacial score (nSPS) is 14.1. The Morgan fingerprint density at radius 1 is 1.00 bits per heavy atom. The van der Waals surface area contributed by atoms with Gasteiger partial charge in [0.25, 0.3) is 0 Å². The van der Waals surface area contributed by atoms with E-state index in [-0.39, 0.29) is 12.1 Å². The Bertz CT molecular complexity index is 540. The van der Waals surface area contributed by atoms with Crippen molar-refractivity contribution < 1.29 is 0 Å². The van der Waals surface area contributed by atoms with Gasteiger partial charge in [0.1, 0.15) is 0 Å². The van der Waals surface area contributed by atoms with E-state index >= 15 is 0 Å². The van der Waals surface area contributed by atoms with Crippen LogP contribution >= 0.6 is 11.6 Å². The lowest BCUT2D eigenvalue weighted by molar-refractivity contribution is 0.679. The molecular weight excluding hydrogens is 256 g/mol. The van der Waals surface area contributed by atoms with Crippen LogP contribution in [0, 0.1) is 0 Å². The highest BCUT2D eigenvalue weighted by atomic mass is 35.5. The van der Waals surface area contributed by atoms with E-state index in [0.29, 0.717) is 5.02 Å². The van der Waals surface area contributed by atoms with E-state index < -0.39 is 0 Å². The molecule has 2 aromatic carbocycles. The molecule has 0 bridgehead atoms. The van der Waals surface area contributed by atoms with Gasteiger partial charge in [-0.1, -0.05) is 54.9 Å². The molecule has 0 radical (unpaired) electrons. The molecule has 0 saturated carbocycles. The molecule has 19 heavy (non-hydrogen) atoms. The summed E-state index contributed by atoms with van der Waals surface area (Å²) in [7, 11) is 0. The van der Waals surface area contributed by atoms with Crippen molar-refractivity contribution in [2.24, 2.45) is 11.5 Å². The molecule has 4 N–H and O–H groups in total. The summed E-state index contributed by atoms with van der Waals surface area (Å²) in [5.74, 6) is 0. The largest absolute Gasteiger partial charge is 0.324 e. The summed E-state index contributed by atoms with van der Waals surface area (Å²) < 4.78 is 0. The third-order valence-electron chi connectivity index (χ3n) is 3.38. The number of hydrogen-bond acceptors (Lipinski definition) is 2. The second-order valence-electron chi connectivity index (χ2n) is 4.68. The molecule has 0 aliphatic heterocycles. The molecule has 0 saturated heterocycles. The average molecular weight is 275 g/mol. The van der Waals surface area contributed by atoms with Gasteiger partial charge in [-0.2, -0.15) is 0 Å². The Morgan fingerprint density at radius 3 is 2.32 bits per heavy atom. The zero-order chi connectivity index (χ0) is 13.8. The second-order valence-corrected chi connectivity index (χ2v) is 5.11. The van der Waals surface area contributed by atoms with Crippen LogP contribution in [0.5, 0.6) is 0 Å². The molecule has 3 heteroatoms. The van der Waals surface area contributed by atoms with E-state index in [1.807, 2.05) is 48.5 Å². The molecule has 100 valence electrons. The molecule has 2 atom stereocenters. The van der Waals surface area contributed by atoms with Crippen molar-refractivity contribution in [2.75, 3.05) is 0 Å². The smallest absolute Gasteiger partial charge is 0.0555 e. The van der Waals surface area contributed by atoms with Gasteiger partial charge in [0.15, 0.2) is 0 Å². The highest BCUT2D eigenvalue weighted by Gasteiger charge is 2.16. The first-order valence-corrected chi connectivity index (χ1v) is 6.86. The first kappa shape index (κ1) is 14.1. The van der Waals surface area contributed by atoms with Crippen LogP contribution in [0.3, 0.4) is 0 Å². The number of halogens is 1. The summed E-state index contributed by atoms with van der Waals surface area (Å²) in [6.45, 7) is 2.07. The van der Waals surface area contributed by atoms with Crippen molar-refractivity contribution >= 4 is 11.6 Å². The van der Waals surface area contributed by atoms with Gasteiger partial charge in [-0.15, -0.1) is 0 Å². The first-order valence-electron chi connectivity index (χ1n) is 6.49. The fourth-order valence-corrected chi connectivity index (χ4v) is 2.39. The Hall–Kier alpha value is -1.35. The maximum atomic E-state index is 6.36. The van der Waals surface area contributed by atoms with Crippen LogP contribution in [0.1, 0.15) is 42.1 Å². The molecule has 0 aliphatic carbocycles. The fraction of sp³-hybridized carbons (Fsp3) is 0.250. The summed E-state index contributed by atoms with van der Waals surface area (Å²) in [5.41, 5.74) is 15.7. The highest BCUT2D eigenvalue weighted by Crippen LogP contribution is 2.29. The number of benzene rings is 2. The predicted octanol–water partition coefficient (Wildman–Crippen LogP) is 3.80.